The van der Waals surface area contributed by atoms with E-state index >= 15 is 0 Å². The lowest BCUT2D eigenvalue weighted by Gasteiger charge is -2.17. The molecule has 0 heterocycles. The molecule has 1 aromatic carbocycles. The summed E-state index contributed by atoms with van der Waals surface area (Å²) in [6.45, 7) is 1.53. The molecule has 0 amide bonds. The van der Waals surface area contributed by atoms with Crippen LogP contribution in [0.25, 0.3) is 0 Å². The number of carboxylic acid groups (broad SMARTS) is 1. The summed E-state index contributed by atoms with van der Waals surface area (Å²) in [7, 11) is -1.32. The van der Waals surface area contributed by atoms with Crippen LogP contribution in [0.2, 0.25) is 0 Å². The van der Waals surface area contributed by atoms with Crippen molar-refractivity contribution in [3.8, 4) is 0 Å². The molecule has 1 rings (SSSR count). The minimum absolute atomic E-state index is 0.0503. The van der Waals surface area contributed by atoms with Gasteiger partial charge in [-0.15, -0.1) is 0 Å². The van der Waals surface area contributed by atoms with Gasteiger partial charge in [-0.25, -0.2) is 17.5 Å². The van der Waals surface area contributed by atoms with E-state index in [2.05, 4.69) is 4.74 Å². The van der Waals surface area contributed by atoms with Crippen molar-refractivity contribution in [2.75, 3.05) is 20.7 Å². The van der Waals surface area contributed by atoms with Crippen LogP contribution in [0, 0.1) is 6.92 Å². The number of sulfonamides is 1. The number of ether oxygens (including phenoxy) is 1. The first-order valence-corrected chi connectivity index (χ1v) is 7.51. The molecule has 0 saturated heterocycles. The van der Waals surface area contributed by atoms with Crippen LogP contribution in [0.4, 0.5) is 0 Å². The second-order valence-corrected chi connectivity index (χ2v) is 6.48. The largest absolute Gasteiger partial charge is 0.478 e. The van der Waals surface area contributed by atoms with Crippen molar-refractivity contribution in [2.24, 2.45) is 0 Å². The topological polar surface area (TPSA) is 101 Å². The Kier molecular flexibility index (Phi) is 5.45. The minimum Gasteiger partial charge on any atom is -0.478 e. The third kappa shape index (κ3) is 4.02. The SMILES string of the molecule is COC(=O)CCN(C)S(=O)(=O)c1ccc(C)c(C(=O)O)c1. The van der Waals surface area contributed by atoms with E-state index in [1.807, 2.05) is 0 Å². The van der Waals surface area contributed by atoms with Crippen LogP contribution < -0.4 is 0 Å². The number of aromatic carboxylic acids is 1. The molecule has 7 nitrogen and oxygen atoms in total. The quantitative estimate of drug-likeness (QED) is 0.782. The smallest absolute Gasteiger partial charge is 0.335 e. The average Bonchev–Trinajstić information content (AvgIpc) is 2.43. The van der Waals surface area contributed by atoms with E-state index in [0.717, 1.165) is 10.4 Å². The van der Waals surface area contributed by atoms with Gasteiger partial charge in [0, 0.05) is 13.6 Å². The molecule has 0 spiro atoms. The van der Waals surface area contributed by atoms with E-state index in [1.165, 1.54) is 26.3 Å². The van der Waals surface area contributed by atoms with Crippen LogP contribution in [-0.4, -0.2) is 50.5 Å². The molecule has 21 heavy (non-hydrogen) atoms. The summed E-state index contributed by atoms with van der Waals surface area (Å²) >= 11 is 0. The molecular weight excluding hydrogens is 298 g/mol. The van der Waals surface area contributed by atoms with Crippen molar-refractivity contribution < 1.29 is 27.9 Å². The van der Waals surface area contributed by atoms with Crippen molar-refractivity contribution in [1.29, 1.82) is 0 Å². The Morgan fingerprint density at radius 3 is 2.48 bits per heavy atom. The normalized spacial score (nSPS) is 11.4. The number of methoxy groups -OCH3 is 1. The van der Waals surface area contributed by atoms with Gasteiger partial charge in [0.15, 0.2) is 0 Å². The summed E-state index contributed by atoms with van der Waals surface area (Å²) in [4.78, 5) is 22.0. The van der Waals surface area contributed by atoms with E-state index in [1.54, 1.807) is 6.92 Å². The number of aryl methyl sites for hydroxylation is 1. The molecule has 0 radical (unpaired) electrons. The Bertz CT molecular complexity index is 653. The summed E-state index contributed by atoms with van der Waals surface area (Å²) in [5.41, 5.74) is 0.399. The molecular formula is C13H17NO6S. The molecule has 0 fully saturated rings. The van der Waals surface area contributed by atoms with Crippen molar-refractivity contribution in [1.82, 2.24) is 4.31 Å². The number of hydrogen-bond acceptors (Lipinski definition) is 5. The molecule has 0 aromatic heterocycles. The molecule has 8 heteroatoms. The van der Waals surface area contributed by atoms with Gasteiger partial charge in [-0.3, -0.25) is 4.79 Å². The summed E-state index contributed by atoms with van der Waals surface area (Å²) in [6, 6.07) is 3.89. The Labute approximate surface area is 123 Å². The second kappa shape index (κ2) is 6.68. The van der Waals surface area contributed by atoms with E-state index in [9.17, 15) is 18.0 Å². The zero-order valence-corrected chi connectivity index (χ0v) is 12.8. The maximum Gasteiger partial charge on any atom is 0.335 e. The van der Waals surface area contributed by atoms with Gasteiger partial charge in [0.2, 0.25) is 10.0 Å². The molecule has 0 unspecified atom stereocenters. The average molecular weight is 315 g/mol. The van der Waals surface area contributed by atoms with E-state index in [4.69, 9.17) is 5.11 Å². The first-order valence-electron chi connectivity index (χ1n) is 6.07. The maximum atomic E-state index is 12.3. The van der Waals surface area contributed by atoms with Crippen LogP contribution in [0.1, 0.15) is 22.3 Å². The van der Waals surface area contributed by atoms with Crippen molar-refractivity contribution in [3.05, 3.63) is 29.3 Å². The van der Waals surface area contributed by atoms with Crippen LogP contribution in [0.3, 0.4) is 0 Å². The molecule has 0 saturated carbocycles. The van der Waals surface area contributed by atoms with E-state index in [-0.39, 0.29) is 23.4 Å². The fourth-order valence-electron chi connectivity index (χ4n) is 1.64. The summed E-state index contributed by atoms with van der Waals surface area (Å²) in [5, 5.41) is 9.03. The lowest BCUT2D eigenvalue weighted by molar-refractivity contribution is -0.140. The fourth-order valence-corrected chi connectivity index (χ4v) is 2.84. The molecule has 0 aliphatic carbocycles. The van der Waals surface area contributed by atoms with Crippen LogP contribution in [-0.2, 0) is 19.6 Å². The monoisotopic (exact) mass is 315 g/mol. The lowest BCUT2D eigenvalue weighted by atomic mass is 10.1. The highest BCUT2D eigenvalue weighted by Gasteiger charge is 2.23. The Morgan fingerprint density at radius 1 is 1.33 bits per heavy atom. The maximum absolute atomic E-state index is 12.3. The summed E-state index contributed by atoms with van der Waals surface area (Å²) in [6.07, 6.45) is -0.0795. The standard InChI is InChI=1S/C13H17NO6S/c1-9-4-5-10(8-11(9)13(16)17)21(18,19)14(2)7-6-12(15)20-3/h4-5,8H,6-7H2,1-3H3,(H,16,17). The predicted octanol–water partition coefficient (Wildman–Crippen LogP) is 0.877. The number of rotatable bonds is 6. The van der Waals surface area contributed by atoms with Crippen molar-refractivity contribution >= 4 is 22.0 Å². The molecule has 1 N–H and O–H groups in total. The molecule has 116 valence electrons. The van der Waals surface area contributed by atoms with Crippen molar-refractivity contribution in [2.45, 2.75) is 18.2 Å². The van der Waals surface area contributed by atoms with E-state index in [0.29, 0.717) is 5.56 Å². The van der Waals surface area contributed by atoms with Gasteiger partial charge in [0.25, 0.3) is 0 Å². The van der Waals surface area contributed by atoms with Crippen LogP contribution in [0.5, 0.6) is 0 Å². The first-order chi connectivity index (χ1) is 9.70. The van der Waals surface area contributed by atoms with Crippen molar-refractivity contribution in [3.63, 3.8) is 0 Å². The first kappa shape index (κ1) is 17.1. The number of esters is 1. The Balaban J connectivity index is 3.05. The number of carbonyl (C=O) groups is 2. The molecule has 0 aliphatic heterocycles. The van der Waals surface area contributed by atoms with Gasteiger partial charge in [-0.1, -0.05) is 6.07 Å². The summed E-state index contributed by atoms with van der Waals surface area (Å²) in [5.74, 6) is -1.71. The third-order valence-corrected chi connectivity index (χ3v) is 4.86. The lowest BCUT2D eigenvalue weighted by Crippen LogP contribution is -2.29. The number of hydrogen-bond donors (Lipinski definition) is 1. The number of nitrogens with zero attached hydrogens (tertiary/aromatic N) is 1. The predicted molar refractivity (Wildman–Crippen MR) is 74.6 cm³/mol. The second-order valence-electron chi connectivity index (χ2n) is 4.43. The molecule has 1 aromatic rings. The van der Waals surface area contributed by atoms with Gasteiger partial charge >= 0.3 is 11.9 Å². The zero-order valence-electron chi connectivity index (χ0n) is 12.0. The van der Waals surface area contributed by atoms with Gasteiger partial charge in [-0.05, 0) is 24.6 Å². The molecule has 0 atom stereocenters. The van der Waals surface area contributed by atoms with Gasteiger partial charge < -0.3 is 9.84 Å². The zero-order chi connectivity index (χ0) is 16.2. The number of carbonyl (C=O) groups excluding carboxylic acids is 1. The number of benzene rings is 1. The third-order valence-electron chi connectivity index (χ3n) is 3.01. The highest BCUT2D eigenvalue weighted by molar-refractivity contribution is 7.89. The van der Waals surface area contributed by atoms with Crippen LogP contribution in [0.15, 0.2) is 23.1 Å². The Hall–Kier alpha value is -1.93. The summed E-state index contributed by atoms with van der Waals surface area (Å²) < 4.78 is 30.0. The minimum atomic E-state index is -3.85. The fraction of sp³-hybridized carbons (Fsp3) is 0.385. The molecule has 0 bridgehead atoms. The highest BCUT2D eigenvalue weighted by Crippen LogP contribution is 2.19. The van der Waals surface area contributed by atoms with Gasteiger partial charge in [0.1, 0.15) is 0 Å². The van der Waals surface area contributed by atoms with Crippen LogP contribution >= 0.6 is 0 Å². The van der Waals surface area contributed by atoms with E-state index < -0.39 is 22.0 Å². The highest BCUT2D eigenvalue weighted by atomic mass is 32.2. The van der Waals surface area contributed by atoms with Gasteiger partial charge in [-0.2, -0.15) is 0 Å². The van der Waals surface area contributed by atoms with Gasteiger partial charge in [0.05, 0.1) is 24.0 Å². The Morgan fingerprint density at radius 2 is 1.95 bits per heavy atom. The molecule has 0 aliphatic rings. The number of carboxylic acids is 1.